The zero-order valence-corrected chi connectivity index (χ0v) is 11.2. The molecule has 1 spiro atoms. The molecule has 92 valence electrons. The van der Waals surface area contributed by atoms with E-state index in [1.165, 1.54) is 32.1 Å². The van der Waals surface area contributed by atoms with Gasteiger partial charge in [-0.3, -0.25) is 0 Å². The van der Waals surface area contributed by atoms with Crippen LogP contribution in [0.25, 0.3) is 0 Å². The summed E-state index contributed by atoms with van der Waals surface area (Å²) in [7, 11) is 0. The molecular formula is C15H26O. The van der Waals surface area contributed by atoms with Gasteiger partial charge in [0.05, 0.1) is 6.10 Å². The quantitative estimate of drug-likeness (QED) is 0.664. The van der Waals surface area contributed by atoms with E-state index in [0.717, 1.165) is 0 Å². The van der Waals surface area contributed by atoms with Gasteiger partial charge in [0.15, 0.2) is 0 Å². The van der Waals surface area contributed by atoms with Crippen LogP contribution in [0.5, 0.6) is 0 Å². The Bertz CT molecular complexity index is 321. The van der Waals surface area contributed by atoms with Crippen molar-refractivity contribution in [3.05, 3.63) is 0 Å². The number of aliphatic hydroxyl groups is 1. The lowest BCUT2D eigenvalue weighted by Crippen LogP contribution is -2.49. The Morgan fingerprint density at radius 1 is 1.19 bits per heavy atom. The maximum atomic E-state index is 10.7. The van der Waals surface area contributed by atoms with Crippen LogP contribution >= 0.6 is 0 Å². The van der Waals surface area contributed by atoms with Gasteiger partial charge in [-0.2, -0.15) is 0 Å². The van der Waals surface area contributed by atoms with Crippen molar-refractivity contribution in [3.8, 4) is 0 Å². The van der Waals surface area contributed by atoms with E-state index in [2.05, 4.69) is 27.7 Å². The van der Waals surface area contributed by atoms with E-state index in [9.17, 15) is 5.11 Å². The van der Waals surface area contributed by atoms with Crippen molar-refractivity contribution in [1.82, 2.24) is 0 Å². The first kappa shape index (κ1) is 11.1. The summed E-state index contributed by atoms with van der Waals surface area (Å²) in [6.45, 7) is 9.61. The second-order valence-corrected chi connectivity index (χ2v) is 7.77. The molecule has 0 amide bonds. The normalized spacial score (nSPS) is 58.7. The summed E-state index contributed by atoms with van der Waals surface area (Å²) in [6.07, 6.45) is 6.56. The van der Waals surface area contributed by atoms with Crippen molar-refractivity contribution in [3.63, 3.8) is 0 Å². The number of hydrogen-bond acceptors (Lipinski definition) is 1. The molecule has 1 N–H and O–H groups in total. The standard InChI is InChI=1S/C15H26O/c1-10-8-15-9-14(10,4)12(16)11(15)6-5-7-13(15,2)3/h10-12,16H,5-9H2,1-4H3. The monoisotopic (exact) mass is 222 g/mol. The maximum Gasteiger partial charge on any atom is 0.0630 e. The molecule has 1 nitrogen and oxygen atoms in total. The Balaban J connectivity index is 2.09. The third-order valence-electron chi connectivity index (χ3n) is 6.92. The first-order chi connectivity index (χ1) is 7.33. The molecule has 3 aliphatic carbocycles. The molecule has 0 radical (unpaired) electrons. The van der Waals surface area contributed by atoms with Crippen LogP contribution in [-0.4, -0.2) is 11.2 Å². The molecule has 5 unspecified atom stereocenters. The minimum absolute atomic E-state index is 0.0316. The minimum atomic E-state index is -0.0316. The highest BCUT2D eigenvalue weighted by molar-refractivity contribution is 5.19. The lowest BCUT2D eigenvalue weighted by Gasteiger charge is -2.54. The Morgan fingerprint density at radius 2 is 1.88 bits per heavy atom. The number of fused-ring (bicyclic) bond motifs is 1. The van der Waals surface area contributed by atoms with Crippen LogP contribution in [0.3, 0.4) is 0 Å². The van der Waals surface area contributed by atoms with Crippen LogP contribution in [-0.2, 0) is 0 Å². The minimum Gasteiger partial charge on any atom is -0.392 e. The predicted molar refractivity (Wildman–Crippen MR) is 66.1 cm³/mol. The Hall–Kier alpha value is -0.0400. The zero-order chi connectivity index (χ0) is 11.8. The van der Waals surface area contributed by atoms with Crippen LogP contribution < -0.4 is 0 Å². The molecule has 2 bridgehead atoms. The molecular weight excluding hydrogens is 196 g/mol. The molecule has 0 heterocycles. The Kier molecular flexibility index (Phi) is 1.98. The van der Waals surface area contributed by atoms with Crippen molar-refractivity contribution in [2.75, 3.05) is 0 Å². The zero-order valence-electron chi connectivity index (χ0n) is 11.2. The number of hydrogen-bond donors (Lipinski definition) is 1. The Labute approximate surface area is 99.6 Å². The molecule has 3 aliphatic rings. The predicted octanol–water partition coefficient (Wildman–Crippen LogP) is 3.61. The molecule has 0 aromatic carbocycles. The summed E-state index contributed by atoms with van der Waals surface area (Å²) in [5.41, 5.74) is 1.12. The van der Waals surface area contributed by atoms with Gasteiger partial charge in [-0.25, -0.2) is 0 Å². The van der Waals surface area contributed by atoms with E-state index in [-0.39, 0.29) is 11.5 Å². The SMILES string of the molecule is CC1CC23CC1(C)C(O)C2CCCC3(C)C. The Morgan fingerprint density at radius 3 is 2.56 bits per heavy atom. The van der Waals surface area contributed by atoms with E-state index < -0.39 is 0 Å². The molecule has 3 fully saturated rings. The maximum absolute atomic E-state index is 10.7. The van der Waals surface area contributed by atoms with Crippen molar-refractivity contribution < 1.29 is 5.11 Å². The first-order valence-corrected chi connectivity index (χ1v) is 7.02. The lowest BCUT2D eigenvalue weighted by molar-refractivity contribution is -0.0965. The van der Waals surface area contributed by atoms with Gasteiger partial charge in [0.25, 0.3) is 0 Å². The van der Waals surface area contributed by atoms with Crippen LogP contribution in [0.2, 0.25) is 0 Å². The van der Waals surface area contributed by atoms with Crippen LogP contribution in [0, 0.1) is 28.1 Å². The molecule has 0 aromatic heterocycles. The lowest BCUT2D eigenvalue weighted by atomic mass is 9.51. The molecule has 0 aliphatic heterocycles. The highest BCUT2D eigenvalue weighted by Crippen LogP contribution is 2.75. The average molecular weight is 222 g/mol. The van der Waals surface area contributed by atoms with Crippen molar-refractivity contribution in [2.45, 2.75) is 65.9 Å². The summed E-state index contributed by atoms with van der Waals surface area (Å²) in [5.74, 6) is 1.30. The largest absolute Gasteiger partial charge is 0.392 e. The summed E-state index contributed by atoms with van der Waals surface area (Å²) >= 11 is 0. The fourth-order valence-electron chi connectivity index (χ4n) is 5.61. The smallest absolute Gasteiger partial charge is 0.0630 e. The molecule has 1 heteroatoms. The third kappa shape index (κ3) is 0.978. The van der Waals surface area contributed by atoms with Gasteiger partial charge in [0.2, 0.25) is 0 Å². The molecule has 3 saturated carbocycles. The summed E-state index contributed by atoms with van der Waals surface area (Å²) < 4.78 is 0. The summed E-state index contributed by atoms with van der Waals surface area (Å²) in [5, 5.41) is 10.7. The molecule has 16 heavy (non-hydrogen) atoms. The average Bonchev–Trinajstić information content (AvgIpc) is 2.56. The van der Waals surface area contributed by atoms with Gasteiger partial charge >= 0.3 is 0 Å². The highest BCUT2D eigenvalue weighted by atomic mass is 16.3. The van der Waals surface area contributed by atoms with E-state index in [0.29, 0.717) is 22.7 Å². The van der Waals surface area contributed by atoms with E-state index >= 15 is 0 Å². The van der Waals surface area contributed by atoms with E-state index in [4.69, 9.17) is 0 Å². The molecule has 3 rings (SSSR count). The fraction of sp³-hybridized carbons (Fsp3) is 1.00. The molecule has 0 aromatic rings. The number of aliphatic hydroxyl groups excluding tert-OH is 1. The van der Waals surface area contributed by atoms with Gasteiger partial charge in [0.1, 0.15) is 0 Å². The topological polar surface area (TPSA) is 20.2 Å². The second-order valence-electron chi connectivity index (χ2n) is 7.77. The molecule has 0 saturated heterocycles. The van der Waals surface area contributed by atoms with Crippen LogP contribution in [0.1, 0.15) is 59.8 Å². The van der Waals surface area contributed by atoms with Gasteiger partial charge < -0.3 is 5.11 Å². The fourth-order valence-corrected chi connectivity index (χ4v) is 5.61. The van der Waals surface area contributed by atoms with Crippen molar-refractivity contribution in [1.29, 1.82) is 0 Å². The number of rotatable bonds is 0. The second kappa shape index (κ2) is 2.85. The van der Waals surface area contributed by atoms with E-state index in [1.807, 2.05) is 0 Å². The third-order valence-corrected chi connectivity index (χ3v) is 6.92. The van der Waals surface area contributed by atoms with E-state index in [1.54, 1.807) is 0 Å². The van der Waals surface area contributed by atoms with Crippen molar-refractivity contribution >= 4 is 0 Å². The summed E-state index contributed by atoms with van der Waals surface area (Å²) in [4.78, 5) is 0. The highest BCUT2D eigenvalue weighted by Gasteiger charge is 2.70. The van der Waals surface area contributed by atoms with Gasteiger partial charge in [-0.1, -0.05) is 34.1 Å². The van der Waals surface area contributed by atoms with Gasteiger partial charge in [-0.15, -0.1) is 0 Å². The van der Waals surface area contributed by atoms with Gasteiger partial charge in [-0.05, 0) is 53.8 Å². The molecule has 5 atom stereocenters. The van der Waals surface area contributed by atoms with Gasteiger partial charge in [0, 0.05) is 0 Å². The van der Waals surface area contributed by atoms with Crippen molar-refractivity contribution in [2.24, 2.45) is 28.1 Å². The first-order valence-electron chi connectivity index (χ1n) is 7.02. The van der Waals surface area contributed by atoms with Crippen LogP contribution in [0.4, 0.5) is 0 Å². The van der Waals surface area contributed by atoms with Crippen LogP contribution in [0.15, 0.2) is 0 Å². The summed E-state index contributed by atoms with van der Waals surface area (Å²) in [6, 6.07) is 0.